The fourth-order valence-corrected chi connectivity index (χ4v) is 2.15. The topological polar surface area (TPSA) is 44.5 Å². The summed E-state index contributed by atoms with van der Waals surface area (Å²) in [6.45, 7) is 2.16. The fraction of sp³-hybridized carbons (Fsp3) is 0.333. The molecule has 0 aromatic heterocycles. The molecular weight excluding hydrogens is 281 g/mol. The number of nitrogens with two attached hydrogens (primary N) is 1. The lowest BCUT2D eigenvalue weighted by molar-refractivity contribution is 0.279. The van der Waals surface area contributed by atoms with Gasteiger partial charge in [0.05, 0.1) is 7.11 Å². The van der Waals surface area contributed by atoms with Crippen LogP contribution in [0.1, 0.15) is 24.5 Å². The predicted octanol–water partition coefficient (Wildman–Crippen LogP) is 3.69. The quantitative estimate of drug-likeness (QED) is 0.848. The van der Waals surface area contributed by atoms with Gasteiger partial charge in [-0.25, -0.2) is 4.39 Å². The summed E-state index contributed by atoms with van der Waals surface area (Å²) in [6.07, 6.45) is 1.81. The van der Waals surface area contributed by atoms with Crippen LogP contribution in [0.25, 0.3) is 0 Å². The Morgan fingerprint density at radius 3 is 2.59 bits per heavy atom. The largest absolute Gasteiger partial charge is 0.493 e. The van der Waals surface area contributed by atoms with E-state index >= 15 is 0 Å². The van der Waals surface area contributed by atoms with Crippen molar-refractivity contribution in [3.05, 3.63) is 59.4 Å². The van der Waals surface area contributed by atoms with Gasteiger partial charge < -0.3 is 15.2 Å². The molecule has 0 saturated carbocycles. The number of halogens is 1. The molecule has 0 radical (unpaired) electrons. The van der Waals surface area contributed by atoms with Crippen molar-refractivity contribution < 1.29 is 13.9 Å². The molecule has 1 unspecified atom stereocenters. The number of rotatable bonds is 7. The van der Waals surface area contributed by atoms with Crippen molar-refractivity contribution >= 4 is 0 Å². The SMILES string of the molecule is COc1cc(CCC(C)N)ccc1OCc1ccccc1F. The molecule has 0 fully saturated rings. The highest BCUT2D eigenvalue weighted by Gasteiger charge is 2.08. The van der Waals surface area contributed by atoms with Crippen LogP contribution in [0, 0.1) is 5.82 Å². The lowest BCUT2D eigenvalue weighted by atomic mass is 10.1. The first-order valence-corrected chi connectivity index (χ1v) is 7.39. The normalized spacial score (nSPS) is 12.0. The molecular formula is C18H22FNO2. The van der Waals surface area contributed by atoms with Gasteiger partial charge in [-0.2, -0.15) is 0 Å². The molecule has 0 aliphatic carbocycles. The number of methoxy groups -OCH3 is 1. The lowest BCUT2D eigenvalue weighted by Crippen LogP contribution is -2.15. The highest BCUT2D eigenvalue weighted by molar-refractivity contribution is 5.43. The van der Waals surface area contributed by atoms with Crippen molar-refractivity contribution in [2.24, 2.45) is 5.73 Å². The van der Waals surface area contributed by atoms with E-state index in [-0.39, 0.29) is 18.5 Å². The third-order valence-electron chi connectivity index (χ3n) is 3.46. The molecule has 2 aromatic carbocycles. The van der Waals surface area contributed by atoms with Crippen LogP contribution >= 0.6 is 0 Å². The molecule has 0 saturated heterocycles. The molecule has 2 rings (SSSR count). The Hall–Kier alpha value is -2.07. The predicted molar refractivity (Wildman–Crippen MR) is 85.7 cm³/mol. The number of ether oxygens (including phenoxy) is 2. The van der Waals surface area contributed by atoms with Crippen LogP contribution in [0.2, 0.25) is 0 Å². The van der Waals surface area contributed by atoms with Gasteiger partial charge in [0.1, 0.15) is 12.4 Å². The molecule has 118 valence electrons. The smallest absolute Gasteiger partial charge is 0.161 e. The summed E-state index contributed by atoms with van der Waals surface area (Å²) in [5.74, 6) is 0.990. The van der Waals surface area contributed by atoms with Crippen LogP contribution < -0.4 is 15.2 Å². The average molecular weight is 303 g/mol. The Labute approximate surface area is 130 Å². The van der Waals surface area contributed by atoms with Gasteiger partial charge in [0.25, 0.3) is 0 Å². The summed E-state index contributed by atoms with van der Waals surface area (Å²) in [6, 6.07) is 12.5. The van der Waals surface area contributed by atoms with Crippen LogP contribution in [0.3, 0.4) is 0 Å². The maximum absolute atomic E-state index is 13.6. The van der Waals surface area contributed by atoms with Gasteiger partial charge in [0.15, 0.2) is 11.5 Å². The Morgan fingerprint density at radius 2 is 1.91 bits per heavy atom. The van der Waals surface area contributed by atoms with Crippen molar-refractivity contribution in [2.45, 2.75) is 32.4 Å². The average Bonchev–Trinajstić information content (AvgIpc) is 2.52. The summed E-state index contributed by atoms with van der Waals surface area (Å²) < 4.78 is 24.6. The van der Waals surface area contributed by atoms with E-state index in [1.54, 1.807) is 25.3 Å². The number of aryl methyl sites for hydroxylation is 1. The monoisotopic (exact) mass is 303 g/mol. The van der Waals surface area contributed by atoms with Crippen molar-refractivity contribution in [1.29, 1.82) is 0 Å². The first-order chi connectivity index (χ1) is 10.6. The van der Waals surface area contributed by atoms with Crippen LogP contribution in [-0.2, 0) is 13.0 Å². The zero-order valence-corrected chi connectivity index (χ0v) is 13.0. The van der Waals surface area contributed by atoms with E-state index in [4.69, 9.17) is 15.2 Å². The number of hydrogen-bond acceptors (Lipinski definition) is 3. The molecule has 0 amide bonds. The highest BCUT2D eigenvalue weighted by atomic mass is 19.1. The summed E-state index contributed by atoms with van der Waals surface area (Å²) in [4.78, 5) is 0. The third-order valence-corrected chi connectivity index (χ3v) is 3.46. The molecule has 0 bridgehead atoms. The van der Waals surface area contributed by atoms with E-state index < -0.39 is 0 Å². The van der Waals surface area contributed by atoms with Crippen LogP contribution in [0.5, 0.6) is 11.5 Å². The minimum Gasteiger partial charge on any atom is -0.493 e. The molecule has 1 atom stereocenters. The van der Waals surface area contributed by atoms with E-state index in [0.29, 0.717) is 17.1 Å². The van der Waals surface area contributed by atoms with Crippen LogP contribution in [0.15, 0.2) is 42.5 Å². The van der Waals surface area contributed by atoms with Gasteiger partial charge in [0, 0.05) is 11.6 Å². The third kappa shape index (κ3) is 4.46. The van der Waals surface area contributed by atoms with Gasteiger partial charge in [-0.15, -0.1) is 0 Å². The summed E-state index contributed by atoms with van der Waals surface area (Å²) in [5, 5.41) is 0. The summed E-state index contributed by atoms with van der Waals surface area (Å²) in [5.41, 5.74) is 7.44. The molecule has 2 aromatic rings. The Morgan fingerprint density at radius 1 is 1.14 bits per heavy atom. The second-order valence-electron chi connectivity index (χ2n) is 5.38. The van der Waals surface area contributed by atoms with Crippen LogP contribution in [-0.4, -0.2) is 13.2 Å². The van der Waals surface area contributed by atoms with Crippen molar-refractivity contribution in [3.8, 4) is 11.5 Å². The minimum absolute atomic E-state index is 0.169. The van der Waals surface area contributed by atoms with Crippen molar-refractivity contribution in [3.63, 3.8) is 0 Å². The van der Waals surface area contributed by atoms with Crippen LogP contribution in [0.4, 0.5) is 4.39 Å². The zero-order chi connectivity index (χ0) is 15.9. The molecule has 0 aliphatic heterocycles. The molecule has 3 nitrogen and oxygen atoms in total. The molecule has 0 aliphatic rings. The standard InChI is InChI=1S/C18H22FNO2/c1-13(20)7-8-14-9-10-17(18(11-14)21-2)22-12-15-5-3-4-6-16(15)19/h3-6,9-11,13H,7-8,12,20H2,1-2H3. The molecule has 2 N–H and O–H groups in total. The number of benzene rings is 2. The number of hydrogen-bond donors (Lipinski definition) is 1. The highest BCUT2D eigenvalue weighted by Crippen LogP contribution is 2.29. The maximum Gasteiger partial charge on any atom is 0.161 e. The fourth-order valence-electron chi connectivity index (χ4n) is 2.15. The van der Waals surface area contributed by atoms with Gasteiger partial charge in [0.2, 0.25) is 0 Å². The second kappa shape index (κ2) is 7.80. The van der Waals surface area contributed by atoms with E-state index in [0.717, 1.165) is 18.4 Å². The summed E-state index contributed by atoms with van der Waals surface area (Å²) in [7, 11) is 1.60. The van der Waals surface area contributed by atoms with E-state index in [1.807, 2.05) is 25.1 Å². The first kappa shape index (κ1) is 16.3. The molecule has 0 spiro atoms. The Kier molecular flexibility index (Phi) is 5.78. The molecule has 4 heteroatoms. The van der Waals surface area contributed by atoms with Gasteiger partial charge >= 0.3 is 0 Å². The second-order valence-corrected chi connectivity index (χ2v) is 5.38. The maximum atomic E-state index is 13.6. The van der Waals surface area contributed by atoms with Gasteiger partial charge in [-0.05, 0) is 43.5 Å². The summed E-state index contributed by atoms with van der Waals surface area (Å²) >= 11 is 0. The molecule has 0 heterocycles. The van der Waals surface area contributed by atoms with E-state index in [9.17, 15) is 4.39 Å². The van der Waals surface area contributed by atoms with Crippen molar-refractivity contribution in [1.82, 2.24) is 0 Å². The Bertz CT molecular complexity index is 614. The zero-order valence-electron chi connectivity index (χ0n) is 13.0. The first-order valence-electron chi connectivity index (χ1n) is 7.39. The van der Waals surface area contributed by atoms with Crippen molar-refractivity contribution in [2.75, 3.05) is 7.11 Å². The van der Waals surface area contributed by atoms with Gasteiger partial charge in [-0.3, -0.25) is 0 Å². The molecule has 22 heavy (non-hydrogen) atoms. The lowest BCUT2D eigenvalue weighted by Gasteiger charge is -2.13. The minimum atomic E-state index is -0.268. The van der Waals surface area contributed by atoms with E-state index in [1.165, 1.54) is 6.07 Å². The Balaban J connectivity index is 2.06. The van der Waals surface area contributed by atoms with E-state index in [2.05, 4.69) is 0 Å². The van der Waals surface area contributed by atoms with Gasteiger partial charge in [-0.1, -0.05) is 24.3 Å².